The third-order valence-corrected chi connectivity index (χ3v) is 4.55. The van der Waals surface area contributed by atoms with Crippen LogP contribution in [-0.4, -0.2) is 45.2 Å². The second-order valence-corrected chi connectivity index (χ2v) is 6.32. The number of rotatable bonds is 5. The van der Waals surface area contributed by atoms with Crippen LogP contribution in [0.2, 0.25) is 0 Å². The minimum atomic E-state index is 0.0579. The molecule has 1 amide bonds. The molecule has 2 aromatic rings. The number of pyridine rings is 1. The summed E-state index contributed by atoms with van der Waals surface area (Å²) >= 11 is 0. The maximum atomic E-state index is 12.5. The number of aromatic nitrogens is 3. The fourth-order valence-electron chi connectivity index (χ4n) is 3.20. The van der Waals surface area contributed by atoms with Crippen LogP contribution in [0.3, 0.4) is 0 Å². The van der Waals surface area contributed by atoms with Crippen molar-refractivity contribution in [1.82, 2.24) is 20.1 Å². The van der Waals surface area contributed by atoms with E-state index in [0.29, 0.717) is 13.0 Å². The lowest BCUT2D eigenvalue weighted by atomic mass is 10.0. The molecule has 1 fully saturated rings. The van der Waals surface area contributed by atoms with E-state index in [2.05, 4.69) is 15.2 Å². The number of hydrogen-bond donors (Lipinski definition) is 1. The summed E-state index contributed by atoms with van der Waals surface area (Å²) in [6.07, 6.45) is 6.70. The molecule has 1 aliphatic heterocycles. The summed E-state index contributed by atoms with van der Waals surface area (Å²) in [5.41, 5.74) is 3.20. The average Bonchev–Trinajstić information content (AvgIpc) is 2.92. The van der Waals surface area contributed by atoms with Crippen LogP contribution in [0.5, 0.6) is 5.75 Å². The topological polar surface area (TPSA) is 71.1 Å². The molecular formula is C18H24N4O2. The molecular weight excluding hydrogens is 304 g/mol. The van der Waals surface area contributed by atoms with Gasteiger partial charge in [-0.3, -0.25) is 14.9 Å². The van der Waals surface area contributed by atoms with Gasteiger partial charge in [-0.25, -0.2) is 0 Å². The molecule has 3 heterocycles. The molecule has 1 atom stereocenters. The summed E-state index contributed by atoms with van der Waals surface area (Å²) in [5.74, 6) is 1.01. The highest BCUT2D eigenvalue weighted by Crippen LogP contribution is 2.19. The SMILES string of the molecule is Cc1n[nH]c(C)c1CCC(=O)N1CCCC(Oc2ccncc2)C1. The number of likely N-dealkylation sites (tertiary alicyclic amines) is 1. The summed E-state index contributed by atoms with van der Waals surface area (Å²) in [5, 5.41) is 7.17. The van der Waals surface area contributed by atoms with Crippen LogP contribution in [0.15, 0.2) is 24.5 Å². The van der Waals surface area contributed by atoms with Gasteiger partial charge in [-0.2, -0.15) is 5.10 Å². The maximum absolute atomic E-state index is 12.5. The Hall–Kier alpha value is -2.37. The highest BCUT2D eigenvalue weighted by atomic mass is 16.5. The fraction of sp³-hybridized carbons (Fsp3) is 0.500. The highest BCUT2D eigenvalue weighted by molar-refractivity contribution is 5.76. The van der Waals surface area contributed by atoms with Crippen molar-refractivity contribution < 1.29 is 9.53 Å². The molecule has 1 aliphatic rings. The largest absolute Gasteiger partial charge is 0.488 e. The van der Waals surface area contributed by atoms with Gasteiger partial charge in [0.2, 0.25) is 5.91 Å². The molecule has 0 bridgehead atoms. The van der Waals surface area contributed by atoms with Crippen LogP contribution >= 0.6 is 0 Å². The van der Waals surface area contributed by atoms with Gasteiger partial charge >= 0.3 is 0 Å². The third kappa shape index (κ3) is 3.93. The molecule has 0 spiro atoms. The first-order chi connectivity index (χ1) is 11.6. The summed E-state index contributed by atoms with van der Waals surface area (Å²) in [7, 11) is 0. The minimum Gasteiger partial charge on any atom is -0.488 e. The van der Waals surface area contributed by atoms with Crippen molar-refractivity contribution in [3.8, 4) is 5.75 Å². The Labute approximate surface area is 142 Å². The summed E-state index contributed by atoms with van der Waals surface area (Å²) in [6, 6.07) is 3.70. The third-order valence-electron chi connectivity index (χ3n) is 4.55. The average molecular weight is 328 g/mol. The zero-order valence-corrected chi connectivity index (χ0v) is 14.3. The second-order valence-electron chi connectivity index (χ2n) is 6.32. The lowest BCUT2D eigenvalue weighted by Crippen LogP contribution is -2.44. The molecule has 1 saturated heterocycles. The lowest BCUT2D eigenvalue weighted by Gasteiger charge is -2.33. The minimum absolute atomic E-state index is 0.0579. The first-order valence-corrected chi connectivity index (χ1v) is 8.48. The van der Waals surface area contributed by atoms with Gasteiger partial charge in [0.15, 0.2) is 0 Å². The smallest absolute Gasteiger partial charge is 0.223 e. The Balaban J connectivity index is 1.53. The number of nitrogens with one attached hydrogen (secondary N) is 1. The van der Waals surface area contributed by atoms with Crippen molar-refractivity contribution in [3.05, 3.63) is 41.5 Å². The number of amides is 1. The van der Waals surface area contributed by atoms with Crippen molar-refractivity contribution in [3.63, 3.8) is 0 Å². The van der Waals surface area contributed by atoms with Gasteiger partial charge in [0, 0.05) is 31.1 Å². The molecule has 0 aromatic carbocycles. The summed E-state index contributed by atoms with van der Waals surface area (Å²) < 4.78 is 5.98. The monoisotopic (exact) mass is 328 g/mol. The van der Waals surface area contributed by atoms with E-state index in [0.717, 1.165) is 48.5 Å². The molecule has 3 rings (SSSR count). The van der Waals surface area contributed by atoms with Crippen molar-refractivity contribution in [2.45, 2.75) is 45.6 Å². The zero-order chi connectivity index (χ0) is 16.9. The van der Waals surface area contributed by atoms with E-state index < -0.39 is 0 Å². The Morgan fingerprint density at radius 3 is 2.88 bits per heavy atom. The van der Waals surface area contributed by atoms with Crippen LogP contribution in [0.25, 0.3) is 0 Å². The molecule has 6 nitrogen and oxygen atoms in total. The van der Waals surface area contributed by atoms with Gasteiger partial charge in [0.05, 0.1) is 12.2 Å². The second kappa shape index (κ2) is 7.47. The van der Waals surface area contributed by atoms with Crippen molar-refractivity contribution in [1.29, 1.82) is 0 Å². The number of piperidine rings is 1. The number of H-pyrrole nitrogens is 1. The number of ether oxygens (including phenoxy) is 1. The van der Waals surface area contributed by atoms with E-state index >= 15 is 0 Å². The Kier molecular flexibility index (Phi) is 5.13. The van der Waals surface area contributed by atoms with Gasteiger partial charge < -0.3 is 9.64 Å². The van der Waals surface area contributed by atoms with Crippen molar-refractivity contribution >= 4 is 5.91 Å². The van der Waals surface area contributed by atoms with Crippen molar-refractivity contribution in [2.24, 2.45) is 0 Å². The number of aryl methyl sites for hydroxylation is 2. The van der Waals surface area contributed by atoms with E-state index in [-0.39, 0.29) is 12.0 Å². The van der Waals surface area contributed by atoms with Crippen LogP contribution in [0.4, 0.5) is 0 Å². The molecule has 0 aliphatic carbocycles. The van der Waals surface area contributed by atoms with E-state index in [9.17, 15) is 4.79 Å². The van der Waals surface area contributed by atoms with E-state index in [1.54, 1.807) is 12.4 Å². The molecule has 1 N–H and O–H groups in total. The molecule has 128 valence electrons. The predicted molar refractivity (Wildman–Crippen MR) is 90.8 cm³/mol. The van der Waals surface area contributed by atoms with Crippen LogP contribution in [0, 0.1) is 13.8 Å². The van der Waals surface area contributed by atoms with Gasteiger partial charge in [0.25, 0.3) is 0 Å². The van der Waals surface area contributed by atoms with Crippen molar-refractivity contribution in [2.75, 3.05) is 13.1 Å². The Morgan fingerprint density at radius 2 is 2.17 bits per heavy atom. The van der Waals surface area contributed by atoms with Crippen LogP contribution in [-0.2, 0) is 11.2 Å². The van der Waals surface area contributed by atoms with E-state index in [4.69, 9.17) is 4.74 Å². The number of hydrogen-bond acceptors (Lipinski definition) is 4. The maximum Gasteiger partial charge on any atom is 0.223 e. The molecule has 6 heteroatoms. The first-order valence-electron chi connectivity index (χ1n) is 8.48. The predicted octanol–water partition coefficient (Wildman–Crippen LogP) is 2.42. The zero-order valence-electron chi connectivity index (χ0n) is 14.3. The van der Waals surface area contributed by atoms with E-state index in [1.807, 2.05) is 30.9 Å². The molecule has 1 unspecified atom stereocenters. The van der Waals surface area contributed by atoms with E-state index in [1.165, 1.54) is 0 Å². The van der Waals surface area contributed by atoms with Gasteiger partial charge in [-0.05, 0) is 50.8 Å². The summed E-state index contributed by atoms with van der Waals surface area (Å²) in [4.78, 5) is 18.5. The Bertz CT molecular complexity index is 664. The molecule has 0 saturated carbocycles. The standard InChI is InChI=1S/C18H24N4O2/c1-13-17(14(2)21-20-13)5-6-18(23)22-11-3-4-16(12-22)24-15-7-9-19-10-8-15/h7-10,16H,3-6,11-12H2,1-2H3,(H,20,21). The van der Waals surface area contributed by atoms with Gasteiger partial charge in [0.1, 0.15) is 11.9 Å². The number of aromatic amines is 1. The van der Waals surface area contributed by atoms with Gasteiger partial charge in [-0.1, -0.05) is 0 Å². The van der Waals surface area contributed by atoms with Crippen LogP contribution in [0.1, 0.15) is 36.2 Å². The molecule has 2 aromatic heterocycles. The molecule has 0 radical (unpaired) electrons. The fourth-order valence-corrected chi connectivity index (χ4v) is 3.20. The number of nitrogens with zero attached hydrogens (tertiary/aromatic N) is 3. The normalized spacial score (nSPS) is 17.8. The quantitative estimate of drug-likeness (QED) is 0.915. The lowest BCUT2D eigenvalue weighted by molar-refractivity contribution is -0.133. The Morgan fingerprint density at radius 1 is 1.38 bits per heavy atom. The molecule has 24 heavy (non-hydrogen) atoms. The number of carbonyl (C=O) groups excluding carboxylic acids is 1. The summed E-state index contributed by atoms with van der Waals surface area (Å²) in [6.45, 7) is 5.45. The van der Waals surface area contributed by atoms with Gasteiger partial charge in [-0.15, -0.1) is 0 Å². The first kappa shape index (κ1) is 16.5. The number of carbonyl (C=O) groups is 1. The highest BCUT2D eigenvalue weighted by Gasteiger charge is 2.25. The van der Waals surface area contributed by atoms with Crippen LogP contribution < -0.4 is 4.74 Å².